The zero-order chi connectivity index (χ0) is 11.5. The molecule has 0 bridgehead atoms. The van der Waals surface area contributed by atoms with Crippen LogP contribution in [0.15, 0.2) is 10.5 Å². The molecule has 0 unspecified atom stereocenters. The van der Waals surface area contributed by atoms with Gasteiger partial charge < -0.3 is 9.73 Å². The summed E-state index contributed by atoms with van der Waals surface area (Å²) in [6.45, 7) is 4.83. The van der Waals surface area contributed by atoms with Crippen molar-refractivity contribution in [1.29, 1.82) is 0 Å². The Morgan fingerprint density at radius 3 is 2.81 bits per heavy atom. The first-order valence-electron chi connectivity index (χ1n) is 5.25. The van der Waals surface area contributed by atoms with E-state index in [1.165, 1.54) is 0 Å². The molecule has 5 heteroatoms. The van der Waals surface area contributed by atoms with Gasteiger partial charge in [0.25, 0.3) is 0 Å². The number of hydrogen-bond acceptors (Lipinski definition) is 5. The lowest BCUT2D eigenvalue weighted by atomic mass is 10.2. The summed E-state index contributed by atoms with van der Waals surface area (Å²) in [5.74, 6) is 1.83. The van der Waals surface area contributed by atoms with Gasteiger partial charge in [-0.25, -0.2) is 0 Å². The molecule has 2 aromatic heterocycles. The predicted molar refractivity (Wildman–Crippen MR) is 64.7 cm³/mol. The van der Waals surface area contributed by atoms with Crippen LogP contribution in [0.3, 0.4) is 0 Å². The van der Waals surface area contributed by atoms with Crippen molar-refractivity contribution in [1.82, 2.24) is 15.5 Å². The molecule has 0 saturated carbocycles. The molecule has 1 N–H and O–H groups in total. The standard InChI is InChI=1S/C11H15N3OS/c1-7-6-9(8(2)15-7)11-14-13-10(16-11)4-5-12-3/h6,12H,4-5H2,1-3H3. The van der Waals surface area contributed by atoms with Gasteiger partial charge in [-0.05, 0) is 27.0 Å². The number of nitrogens with zero attached hydrogens (tertiary/aromatic N) is 2. The minimum atomic E-state index is 0.911. The van der Waals surface area contributed by atoms with E-state index in [4.69, 9.17) is 4.42 Å². The molecular weight excluding hydrogens is 222 g/mol. The van der Waals surface area contributed by atoms with E-state index in [-0.39, 0.29) is 0 Å². The van der Waals surface area contributed by atoms with Crippen molar-refractivity contribution in [2.45, 2.75) is 20.3 Å². The summed E-state index contributed by atoms with van der Waals surface area (Å²) in [6, 6.07) is 2.01. The fraction of sp³-hybridized carbons (Fsp3) is 0.455. The molecule has 0 fully saturated rings. The van der Waals surface area contributed by atoms with E-state index in [1.54, 1.807) is 11.3 Å². The Balaban J connectivity index is 2.21. The fourth-order valence-corrected chi connectivity index (χ4v) is 2.44. The predicted octanol–water partition coefficient (Wildman–Crippen LogP) is 2.18. The minimum absolute atomic E-state index is 0.911. The normalized spacial score (nSPS) is 10.9. The molecule has 0 amide bonds. The lowest BCUT2D eigenvalue weighted by Crippen LogP contribution is -2.09. The fourth-order valence-electron chi connectivity index (χ4n) is 1.54. The van der Waals surface area contributed by atoms with Gasteiger partial charge in [0, 0.05) is 13.0 Å². The molecule has 0 atom stereocenters. The van der Waals surface area contributed by atoms with E-state index < -0.39 is 0 Å². The van der Waals surface area contributed by atoms with Crippen LogP contribution in [0, 0.1) is 13.8 Å². The highest BCUT2D eigenvalue weighted by atomic mass is 32.1. The highest BCUT2D eigenvalue weighted by Gasteiger charge is 2.12. The third kappa shape index (κ3) is 2.31. The van der Waals surface area contributed by atoms with Crippen molar-refractivity contribution in [2.75, 3.05) is 13.6 Å². The van der Waals surface area contributed by atoms with Crippen LogP contribution in [0.1, 0.15) is 16.5 Å². The van der Waals surface area contributed by atoms with Gasteiger partial charge in [0.1, 0.15) is 16.5 Å². The smallest absolute Gasteiger partial charge is 0.151 e. The van der Waals surface area contributed by atoms with Gasteiger partial charge in [0.05, 0.1) is 5.56 Å². The SMILES string of the molecule is CNCCc1nnc(-c2cc(C)oc2C)s1. The number of likely N-dealkylation sites (N-methyl/N-ethyl adjacent to an activating group) is 1. The maximum atomic E-state index is 5.49. The molecule has 0 radical (unpaired) electrons. The maximum Gasteiger partial charge on any atom is 0.151 e. The average Bonchev–Trinajstić information content (AvgIpc) is 2.82. The molecule has 2 heterocycles. The average molecular weight is 237 g/mol. The third-order valence-corrected chi connectivity index (χ3v) is 3.34. The van der Waals surface area contributed by atoms with E-state index in [2.05, 4.69) is 15.5 Å². The molecule has 0 aliphatic carbocycles. The number of aromatic nitrogens is 2. The Kier molecular flexibility index (Phi) is 3.36. The highest BCUT2D eigenvalue weighted by Crippen LogP contribution is 2.29. The second kappa shape index (κ2) is 4.76. The summed E-state index contributed by atoms with van der Waals surface area (Å²) in [4.78, 5) is 0. The molecule has 0 aliphatic rings. The van der Waals surface area contributed by atoms with Crippen LogP contribution in [0.5, 0.6) is 0 Å². The maximum absolute atomic E-state index is 5.49. The van der Waals surface area contributed by atoms with E-state index in [0.717, 1.165) is 40.1 Å². The van der Waals surface area contributed by atoms with E-state index in [1.807, 2.05) is 27.0 Å². The summed E-state index contributed by atoms with van der Waals surface area (Å²) in [5.41, 5.74) is 1.06. The Labute approximate surface area is 98.7 Å². The lowest BCUT2D eigenvalue weighted by Gasteiger charge is -1.92. The van der Waals surface area contributed by atoms with E-state index in [9.17, 15) is 0 Å². The zero-order valence-corrected chi connectivity index (χ0v) is 10.5. The van der Waals surface area contributed by atoms with Crippen molar-refractivity contribution in [3.8, 4) is 10.6 Å². The van der Waals surface area contributed by atoms with Gasteiger partial charge in [-0.3, -0.25) is 0 Å². The Morgan fingerprint density at radius 2 is 2.19 bits per heavy atom. The first-order valence-corrected chi connectivity index (χ1v) is 6.06. The van der Waals surface area contributed by atoms with Gasteiger partial charge in [-0.15, -0.1) is 10.2 Å². The minimum Gasteiger partial charge on any atom is -0.466 e. The Hall–Kier alpha value is -1.20. The van der Waals surface area contributed by atoms with E-state index in [0.29, 0.717) is 0 Å². The molecule has 0 aliphatic heterocycles. The number of hydrogen-bond donors (Lipinski definition) is 1. The first kappa shape index (κ1) is 11.3. The Morgan fingerprint density at radius 1 is 1.38 bits per heavy atom. The second-order valence-corrected chi connectivity index (χ2v) is 4.74. The van der Waals surface area contributed by atoms with Gasteiger partial charge in [0.2, 0.25) is 0 Å². The van der Waals surface area contributed by atoms with Crippen LogP contribution in [-0.4, -0.2) is 23.8 Å². The van der Waals surface area contributed by atoms with Crippen LogP contribution < -0.4 is 5.32 Å². The molecule has 0 aromatic carbocycles. The largest absolute Gasteiger partial charge is 0.466 e. The molecule has 0 spiro atoms. The van der Waals surface area contributed by atoms with E-state index >= 15 is 0 Å². The number of nitrogens with one attached hydrogen (secondary N) is 1. The monoisotopic (exact) mass is 237 g/mol. The first-order chi connectivity index (χ1) is 7.70. The summed E-state index contributed by atoms with van der Waals surface area (Å²) >= 11 is 1.63. The molecule has 2 rings (SSSR count). The summed E-state index contributed by atoms with van der Waals surface area (Å²) in [5, 5.41) is 13.5. The third-order valence-electron chi connectivity index (χ3n) is 2.33. The van der Waals surface area contributed by atoms with Crippen molar-refractivity contribution in [3.63, 3.8) is 0 Å². The quantitative estimate of drug-likeness (QED) is 0.885. The lowest BCUT2D eigenvalue weighted by molar-refractivity contribution is 0.505. The molecule has 4 nitrogen and oxygen atoms in total. The van der Waals surface area contributed by atoms with Gasteiger partial charge >= 0.3 is 0 Å². The van der Waals surface area contributed by atoms with Crippen molar-refractivity contribution in [3.05, 3.63) is 22.6 Å². The molecule has 86 valence electrons. The Bertz CT molecular complexity index is 475. The topological polar surface area (TPSA) is 51.0 Å². The van der Waals surface area contributed by atoms with Crippen LogP contribution in [0.4, 0.5) is 0 Å². The molecule has 0 saturated heterocycles. The van der Waals surface area contributed by atoms with Gasteiger partial charge in [-0.1, -0.05) is 11.3 Å². The van der Waals surface area contributed by atoms with Crippen LogP contribution >= 0.6 is 11.3 Å². The van der Waals surface area contributed by atoms with Crippen molar-refractivity contribution >= 4 is 11.3 Å². The summed E-state index contributed by atoms with van der Waals surface area (Å²) in [6.07, 6.45) is 0.921. The number of furan rings is 1. The second-order valence-electron chi connectivity index (χ2n) is 3.68. The van der Waals surface area contributed by atoms with Crippen LogP contribution in [0.2, 0.25) is 0 Å². The molecule has 16 heavy (non-hydrogen) atoms. The van der Waals surface area contributed by atoms with Gasteiger partial charge in [0.15, 0.2) is 5.01 Å². The summed E-state index contributed by atoms with van der Waals surface area (Å²) < 4.78 is 5.49. The molecule has 2 aromatic rings. The van der Waals surface area contributed by atoms with Crippen molar-refractivity contribution < 1.29 is 4.42 Å². The summed E-state index contributed by atoms with van der Waals surface area (Å²) in [7, 11) is 1.94. The van der Waals surface area contributed by atoms with Crippen molar-refractivity contribution in [2.24, 2.45) is 0 Å². The number of aryl methyl sites for hydroxylation is 2. The van der Waals surface area contributed by atoms with Crippen LogP contribution in [0.25, 0.3) is 10.6 Å². The van der Waals surface area contributed by atoms with Gasteiger partial charge in [-0.2, -0.15) is 0 Å². The van der Waals surface area contributed by atoms with Crippen LogP contribution in [-0.2, 0) is 6.42 Å². The number of rotatable bonds is 4. The highest BCUT2D eigenvalue weighted by molar-refractivity contribution is 7.14. The molecular formula is C11H15N3OS. The zero-order valence-electron chi connectivity index (χ0n) is 9.70.